The summed E-state index contributed by atoms with van der Waals surface area (Å²) in [7, 11) is -12.2. The van der Waals surface area contributed by atoms with Crippen LogP contribution in [0.25, 0.3) is 0 Å². The first kappa shape index (κ1) is 31.9. The summed E-state index contributed by atoms with van der Waals surface area (Å²) in [5.41, 5.74) is 2.67. The molecule has 0 aliphatic heterocycles. The maximum absolute atomic E-state index is 12.9. The number of benzene rings is 3. The highest BCUT2D eigenvalue weighted by atomic mass is 32.2. The molecule has 12 heteroatoms. The zero-order valence-corrected chi connectivity index (χ0v) is 25.1. The first-order chi connectivity index (χ1) is 18.8. The smallest absolute Gasteiger partial charge is 0.266 e. The second-order valence-corrected chi connectivity index (χ2v) is 14.3. The van der Waals surface area contributed by atoms with Gasteiger partial charge in [-0.15, -0.1) is 0 Å². The lowest BCUT2D eigenvalue weighted by Gasteiger charge is -2.18. The van der Waals surface area contributed by atoms with Crippen LogP contribution < -0.4 is 0 Å². The van der Waals surface area contributed by atoms with Gasteiger partial charge in [0.25, 0.3) is 30.4 Å². The Balaban J connectivity index is 1.60. The predicted octanol–water partition coefficient (Wildman–Crippen LogP) is 5.06. The molecule has 40 heavy (non-hydrogen) atoms. The number of hydrogen-bond acceptors (Lipinski definition) is 9. The van der Waals surface area contributed by atoms with E-state index in [4.69, 9.17) is 12.5 Å². The van der Waals surface area contributed by atoms with Gasteiger partial charge in [0.05, 0.1) is 27.9 Å². The van der Waals surface area contributed by atoms with Crippen molar-refractivity contribution in [1.82, 2.24) is 0 Å². The summed E-state index contributed by atoms with van der Waals surface area (Å²) in [6.07, 6.45) is 0.336. The third-order valence-electron chi connectivity index (χ3n) is 6.01. The van der Waals surface area contributed by atoms with Crippen LogP contribution >= 0.6 is 0 Å². The van der Waals surface area contributed by atoms with Crippen molar-refractivity contribution >= 4 is 30.4 Å². The molecule has 0 fully saturated rings. The van der Waals surface area contributed by atoms with E-state index in [1.54, 1.807) is 36.4 Å². The molecular weight excluding hydrogens is 577 g/mol. The molecule has 0 amide bonds. The fourth-order valence-electron chi connectivity index (χ4n) is 3.63. The minimum Gasteiger partial charge on any atom is -0.266 e. The van der Waals surface area contributed by atoms with E-state index >= 15 is 0 Å². The zero-order chi connectivity index (χ0) is 29.4. The number of hydrogen-bond donors (Lipinski definition) is 0. The highest BCUT2D eigenvalue weighted by Gasteiger charge is 2.25. The normalized spacial score (nSPS) is 13.3. The molecule has 0 saturated heterocycles. The van der Waals surface area contributed by atoms with E-state index < -0.39 is 43.1 Å². The Hall–Kier alpha value is -2.61. The molecule has 0 heterocycles. The quantitative estimate of drug-likeness (QED) is 0.171. The molecule has 3 rings (SSSR count). The van der Waals surface area contributed by atoms with Crippen LogP contribution in [0.15, 0.2) is 87.5 Å². The van der Waals surface area contributed by atoms with Crippen LogP contribution in [-0.2, 0) is 42.9 Å². The lowest BCUT2D eigenvalue weighted by molar-refractivity contribution is 0.127. The second kappa shape index (κ2) is 13.8. The summed E-state index contributed by atoms with van der Waals surface area (Å²) >= 11 is 0. The van der Waals surface area contributed by atoms with Gasteiger partial charge in [-0.3, -0.25) is 12.5 Å². The first-order valence-corrected chi connectivity index (χ1v) is 16.9. The van der Waals surface area contributed by atoms with E-state index in [9.17, 15) is 25.3 Å². The molecule has 0 bridgehead atoms. The van der Waals surface area contributed by atoms with E-state index in [0.29, 0.717) is 19.3 Å². The van der Waals surface area contributed by atoms with E-state index in [2.05, 4.69) is 0 Å². The van der Waals surface area contributed by atoms with E-state index in [0.717, 1.165) is 16.7 Å². The Bertz CT molecular complexity index is 1560. The lowest BCUT2D eigenvalue weighted by Crippen LogP contribution is -2.26. The Labute approximate surface area is 237 Å². The SMILES string of the molecule is Cc1ccc(S(=O)(=O)OCCCCCC(COS(=O)(=O)c2ccc(C)cc2)OS(=O)(=O)c2ccc(C)cc2)cc1. The Morgan fingerprint density at radius 2 is 0.925 bits per heavy atom. The third kappa shape index (κ3) is 9.50. The van der Waals surface area contributed by atoms with Gasteiger partial charge in [-0.25, -0.2) is 0 Å². The van der Waals surface area contributed by atoms with Gasteiger partial charge in [0, 0.05) is 0 Å². The summed E-state index contributed by atoms with van der Waals surface area (Å²) < 4.78 is 91.4. The van der Waals surface area contributed by atoms with Crippen molar-refractivity contribution in [2.75, 3.05) is 13.2 Å². The van der Waals surface area contributed by atoms with Gasteiger partial charge in [0.2, 0.25) is 0 Å². The average molecular weight is 611 g/mol. The highest BCUT2D eigenvalue weighted by Crippen LogP contribution is 2.21. The van der Waals surface area contributed by atoms with Gasteiger partial charge < -0.3 is 0 Å². The first-order valence-electron chi connectivity index (χ1n) is 12.7. The van der Waals surface area contributed by atoms with Gasteiger partial charge in [-0.2, -0.15) is 25.3 Å². The van der Waals surface area contributed by atoms with Crippen LogP contribution in [0.2, 0.25) is 0 Å². The van der Waals surface area contributed by atoms with Gasteiger partial charge in [0.1, 0.15) is 6.10 Å². The molecule has 0 aliphatic rings. The molecule has 1 unspecified atom stereocenters. The maximum atomic E-state index is 12.9. The second-order valence-electron chi connectivity index (χ2n) is 9.48. The molecule has 0 spiro atoms. The van der Waals surface area contributed by atoms with Crippen LogP contribution in [0.1, 0.15) is 42.4 Å². The van der Waals surface area contributed by atoms with Crippen LogP contribution in [-0.4, -0.2) is 44.6 Å². The Morgan fingerprint density at radius 3 is 1.38 bits per heavy atom. The molecule has 218 valence electrons. The highest BCUT2D eigenvalue weighted by molar-refractivity contribution is 7.87. The Kier molecular flexibility index (Phi) is 11.0. The minimum absolute atomic E-state index is 0.0508. The van der Waals surface area contributed by atoms with Crippen LogP contribution in [0.4, 0.5) is 0 Å². The third-order valence-corrected chi connectivity index (χ3v) is 10.0. The summed E-state index contributed by atoms with van der Waals surface area (Å²) in [5.74, 6) is 0. The van der Waals surface area contributed by atoms with Crippen LogP contribution in [0.5, 0.6) is 0 Å². The van der Waals surface area contributed by atoms with Gasteiger partial charge >= 0.3 is 0 Å². The van der Waals surface area contributed by atoms with Crippen molar-refractivity contribution in [3.8, 4) is 0 Å². The summed E-state index contributed by atoms with van der Waals surface area (Å²) in [4.78, 5) is -0.0378. The monoisotopic (exact) mass is 610 g/mol. The van der Waals surface area contributed by atoms with Crippen molar-refractivity contribution in [1.29, 1.82) is 0 Å². The topological polar surface area (TPSA) is 130 Å². The molecule has 3 aromatic rings. The molecule has 0 radical (unpaired) electrons. The fraction of sp³-hybridized carbons (Fsp3) is 0.357. The van der Waals surface area contributed by atoms with Crippen molar-refractivity contribution < 1.29 is 37.8 Å². The number of aryl methyl sites for hydroxylation is 3. The van der Waals surface area contributed by atoms with Crippen LogP contribution in [0.3, 0.4) is 0 Å². The predicted molar refractivity (Wildman–Crippen MR) is 150 cm³/mol. The summed E-state index contributed by atoms with van der Waals surface area (Å²) in [5, 5.41) is 0. The minimum atomic E-state index is -4.19. The van der Waals surface area contributed by atoms with Crippen molar-refractivity contribution in [3.63, 3.8) is 0 Å². The summed E-state index contributed by atoms with van der Waals surface area (Å²) in [6.45, 7) is 4.92. The molecule has 0 saturated carbocycles. The van der Waals surface area contributed by atoms with E-state index in [1.165, 1.54) is 36.4 Å². The largest absolute Gasteiger partial charge is 0.297 e. The number of unbranched alkanes of at least 4 members (excludes halogenated alkanes) is 2. The van der Waals surface area contributed by atoms with Crippen molar-refractivity contribution in [2.24, 2.45) is 0 Å². The van der Waals surface area contributed by atoms with Gasteiger partial charge in [-0.1, -0.05) is 65.9 Å². The van der Waals surface area contributed by atoms with E-state index in [-0.39, 0.29) is 27.7 Å². The van der Waals surface area contributed by atoms with Crippen molar-refractivity contribution in [3.05, 3.63) is 89.5 Å². The fourth-order valence-corrected chi connectivity index (χ4v) is 6.60. The molecule has 1 atom stereocenters. The van der Waals surface area contributed by atoms with Crippen molar-refractivity contribution in [2.45, 2.75) is 67.2 Å². The lowest BCUT2D eigenvalue weighted by atomic mass is 10.1. The molecule has 9 nitrogen and oxygen atoms in total. The molecule has 0 aromatic heterocycles. The van der Waals surface area contributed by atoms with Gasteiger partial charge in [0.15, 0.2) is 0 Å². The zero-order valence-electron chi connectivity index (χ0n) is 22.6. The molecule has 0 aliphatic carbocycles. The standard InChI is InChI=1S/C28H34O9S3/c1-22-8-14-26(15-9-22)38(29,30)35-20-6-4-5-7-25(37-40(33,34)28-18-12-24(3)13-19-28)21-36-39(31,32)27-16-10-23(2)11-17-27/h8-19,25H,4-7,20-21H2,1-3H3. The summed E-state index contributed by atoms with van der Waals surface area (Å²) in [6, 6.07) is 18.5. The number of rotatable bonds is 15. The molecule has 3 aromatic carbocycles. The molecule has 0 N–H and O–H groups in total. The van der Waals surface area contributed by atoms with Crippen LogP contribution in [0, 0.1) is 20.8 Å². The average Bonchev–Trinajstić information content (AvgIpc) is 2.90. The van der Waals surface area contributed by atoms with E-state index in [1.807, 2.05) is 20.8 Å². The maximum Gasteiger partial charge on any atom is 0.297 e. The van der Waals surface area contributed by atoms with Gasteiger partial charge in [-0.05, 0) is 70.0 Å². The molecular formula is C28H34O9S3. The Morgan fingerprint density at radius 1 is 0.525 bits per heavy atom.